The van der Waals surface area contributed by atoms with E-state index in [4.69, 9.17) is 33.2 Å². The molecule has 30 heavy (non-hydrogen) atoms. The van der Waals surface area contributed by atoms with E-state index in [2.05, 4.69) is 0 Å². The molecule has 4 rings (SSSR count). The minimum atomic E-state index is -1.27. The number of fused-ring (bicyclic) bond motifs is 1. The molecule has 0 radical (unpaired) electrons. The second-order valence-electron chi connectivity index (χ2n) is 7.67. The van der Waals surface area contributed by atoms with Crippen LogP contribution in [-0.4, -0.2) is 85.8 Å². The Labute approximate surface area is 175 Å². The highest BCUT2D eigenvalue weighted by atomic mass is 16.8. The van der Waals surface area contributed by atoms with Crippen LogP contribution in [0.1, 0.15) is 25.7 Å². The van der Waals surface area contributed by atoms with Gasteiger partial charge < -0.3 is 43.4 Å². The lowest BCUT2D eigenvalue weighted by atomic mass is 9.97. The molecule has 168 valence electrons. The Kier molecular flexibility index (Phi) is 7.03. The van der Waals surface area contributed by atoms with Gasteiger partial charge in [0.2, 0.25) is 0 Å². The van der Waals surface area contributed by atoms with Crippen molar-refractivity contribution in [2.75, 3.05) is 20.3 Å². The first-order valence-corrected chi connectivity index (χ1v) is 10.3. The van der Waals surface area contributed by atoms with Gasteiger partial charge in [-0.2, -0.15) is 0 Å². The van der Waals surface area contributed by atoms with Gasteiger partial charge in [0.1, 0.15) is 36.6 Å². The van der Waals surface area contributed by atoms with Crippen LogP contribution in [0.25, 0.3) is 0 Å². The van der Waals surface area contributed by atoms with Crippen LogP contribution in [0.15, 0.2) is 30.3 Å². The summed E-state index contributed by atoms with van der Waals surface area (Å²) < 4.78 is 39.8. The molecule has 0 bridgehead atoms. The SMILES string of the molecule is CCOC(OC)C1OC1C(C)OC1OC2COC(c3ccccc3)OC2C(O)C1O. The first-order chi connectivity index (χ1) is 14.5. The Morgan fingerprint density at radius 1 is 1.07 bits per heavy atom. The number of methoxy groups -OCH3 is 1. The third-order valence-electron chi connectivity index (χ3n) is 5.61. The minimum Gasteiger partial charge on any atom is -0.387 e. The average Bonchev–Trinajstić information content (AvgIpc) is 3.57. The minimum absolute atomic E-state index is 0.209. The number of aliphatic hydroxyl groups is 2. The Balaban J connectivity index is 1.34. The second kappa shape index (κ2) is 9.56. The van der Waals surface area contributed by atoms with Crippen LogP contribution in [0.4, 0.5) is 0 Å². The van der Waals surface area contributed by atoms with E-state index in [9.17, 15) is 10.2 Å². The molecular formula is C21H30O9. The Bertz CT molecular complexity index is 672. The zero-order valence-corrected chi connectivity index (χ0v) is 17.3. The molecule has 0 amide bonds. The Hall–Kier alpha value is -1.14. The van der Waals surface area contributed by atoms with Gasteiger partial charge in [-0.15, -0.1) is 0 Å². The molecule has 3 aliphatic rings. The van der Waals surface area contributed by atoms with Crippen molar-refractivity contribution in [1.82, 2.24) is 0 Å². The van der Waals surface area contributed by atoms with E-state index < -0.39 is 49.4 Å². The van der Waals surface area contributed by atoms with Crippen molar-refractivity contribution in [3.63, 3.8) is 0 Å². The largest absolute Gasteiger partial charge is 0.387 e. The van der Waals surface area contributed by atoms with E-state index in [1.807, 2.05) is 44.2 Å². The van der Waals surface area contributed by atoms with Crippen molar-refractivity contribution in [1.29, 1.82) is 0 Å². The van der Waals surface area contributed by atoms with E-state index in [1.165, 1.54) is 0 Å². The van der Waals surface area contributed by atoms with Crippen LogP contribution in [0, 0.1) is 0 Å². The van der Waals surface area contributed by atoms with Crippen molar-refractivity contribution >= 4 is 0 Å². The molecule has 3 aliphatic heterocycles. The lowest BCUT2D eigenvalue weighted by Crippen LogP contribution is -2.62. The summed E-state index contributed by atoms with van der Waals surface area (Å²) in [4.78, 5) is 0. The normalized spacial score (nSPS) is 40.4. The molecule has 0 aromatic heterocycles. The highest BCUT2D eigenvalue weighted by Gasteiger charge is 2.53. The first-order valence-electron chi connectivity index (χ1n) is 10.3. The van der Waals surface area contributed by atoms with E-state index in [0.717, 1.165) is 5.56 Å². The number of aliphatic hydroxyl groups excluding tert-OH is 2. The molecule has 9 nitrogen and oxygen atoms in total. The summed E-state index contributed by atoms with van der Waals surface area (Å²) in [5.41, 5.74) is 0.837. The van der Waals surface area contributed by atoms with Crippen molar-refractivity contribution in [2.45, 2.75) is 75.4 Å². The van der Waals surface area contributed by atoms with Crippen molar-refractivity contribution < 1.29 is 43.4 Å². The molecule has 10 unspecified atom stereocenters. The van der Waals surface area contributed by atoms with Crippen molar-refractivity contribution in [2.24, 2.45) is 0 Å². The summed E-state index contributed by atoms with van der Waals surface area (Å²) in [5, 5.41) is 21.2. The van der Waals surface area contributed by atoms with Crippen LogP contribution in [0.5, 0.6) is 0 Å². The molecule has 3 fully saturated rings. The van der Waals surface area contributed by atoms with Crippen LogP contribution < -0.4 is 0 Å². The van der Waals surface area contributed by atoms with Gasteiger partial charge in [0.25, 0.3) is 0 Å². The van der Waals surface area contributed by atoms with Crippen molar-refractivity contribution in [3.8, 4) is 0 Å². The highest BCUT2D eigenvalue weighted by Crippen LogP contribution is 2.37. The quantitative estimate of drug-likeness (QED) is 0.459. The maximum atomic E-state index is 10.7. The molecule has 0 saturated carbocycles. The maximum Gasteiger partial charge on any atom is 0.187 e. The lowest BCUT2D eigenvalue weighted by Gasteiger charge is -2.46. The topological polar surface area (TPSA) is 108 Å². The number of ether oxygens (including phenoxy) is 7. The van der Waals surface area contributed by atoms with E-state index in [0.29, 0.717) is 6.61 Å². The number of epoxide rings is 1. The number of benzene rings is 1. The lowest BCUT2D eigenvalue weighted by molar-refractivity contribution is -0.366. The van der Waals surface area contributed by atoms with Gasteiger partial charge in [-0.05, 0) is 13.8 Å². The molecule has 9 heteroatoms. The predicted molar refractivity (Wildman–Crippen MR) is 102 cm³/mol. The van der Waals surface area contributed by atoms with Gasteiger partial charge in [-0.3, -0.25) is 0 Å². The summed E-state index contributed by atoms with van der Waals surface area (Å²) in [6.45, 7) is 4.41. The summed E-state index contributed by atoms with van der Waals surface area (Å²) in [5.74, 6) is 0. The molecule has 0 aliphatic carbocycles. The summed E-state index contributed by atoms with van der Waals surface area (Å²) in [6, 6.07) is 9.43. The first kappa shape index (κ1) is 22.1. The molecule has 2 N–H and O–H groups in total. The molecule has 0 spiro atoms. The van der Waals surface area contributed by atoms with Gasteiger partial charge >= 0.3 is 0 Å². The van der Waals surface area contributed by atoms with Gasteiger partial charge in [0.05, 0.1) is 12.7 Å². The monoisotopic (exact) mass is 426 g/mol. The Morgan fingerprint density at radius 3 is 2.53 bits per heavy atom. The summed E-state index contributed by atoms with van der Waals surface area (Å²) in [7, 11) is 1.56. The second-order valence-corrected chi connectivity index (χ2v) is 7.67. The molecule has 10 atom stereocenters. The van der Waals surface area contributed by atoms with Crippen LogP contribution in [-0.2, 0) is 33.2 Å². The molecule has 1 aromatic rings. The predicted octanol–water partition coefficient (Wildman–Crippen LogP) is 0.729. The van der Waals surface area contributed by atoms with Gasteiger partial charge in [-0.25, -0.2) is 0 Å². The van der Waals surface area contributed by atoms with Crippen LogP contribution in [0.2, 0.25) is 0 Å². The maximum absolute atomic E-state index is 10.7. The third kappa shape index (κ3) is 4.55. The number of hydrogen-bond acceptors (Lipinski definition) is 9. The number of hydrogen-bond donors (Lipinski definition) is 2. The van der Waals surface area contributed by atoms with Crippen molar-refractivity contribution in [3.05, 3.63) is 35.9 Å². The fraction of sp³-hybridized carbons (Fsp3) is 0.714. The van der Waals surface area contributed by atoms with Gasteiger partial charge in [-0.1, -0.05) is 30.3 Å². The Morgan fingerprint density at radius 2 is 1.83 bits per heavy atom. The molecular weight excluding hydrogens is 396 g/mol. The summed E-state index contributed by atoms with van der Waals surface area (Å²) in [6.07, 6.45) is -6.79. The molecule has 3 saturated heterocycles. The smallest absolute Gasteiger partial charge is 0.187 e. The van der Waals surface area contributed by atoms with E-state index in [1.54, 1.807) is 7.11 Å². The van der Waals surface area contributed by atoms with E-state index >= 15 is 0 Å². The van der Waals surface area contributed by atoms with E-state index in [-0.39, 0.29) is 18.8 Å². The van der Waals surface area contributed by atoms with Gasteiger partial charge in [0.15, 0.2) is 18.9 Å². The highest BCUT2D eigenvalue weighted by molar-refractivity contribution is 5.16. The average molecular weight is 426 g/mol. The molecule has 1 aromatic carbocycles. The zero-order valence-electron chi connectivity index (χ0n) is 17.3. The van der Waals surface area contributed by atoms with Crippen LogP contribution >= 0.6 is 0 Å². The third-order valence-corrected chi connectivity index (χ3v) is 5.61. The van der Waals surface area contributed by atoms with Gasteiger partial charge in [0, 0.05) is 19.3 Å². The zero-order chi connectivity index (χ0) is 21.3. The standard InChI is InChI=1S/C21H30O9/c1-4-25-21(24-3)18-16(29-18)11(2)27-20-15(23)14(22)17-13(28-20)10-26-19(30-17)12-8-6-5-7-9-12/h5-9,11,13-23H,4,10H2,1-3H3. The number of rotatable bonds is 8. The van der Waals surface area contributed by atoms with Crippen LogP contribution in [0.3, 0.4) is 0 Å². The summed E-state index contributed by atoms with van der Waals surface area (Å²) >= 11 is 0. The molecule has 3 heterocycles. The fourth-order valence-electron chi connectivity index (χ4n) is 3.95. The fourth-order valence-corrected chi connectivity index (χ4v) is 3.95.